The molecule has 0 radical (unpaired) electrons. The van der Waals surface area contributed by atoms with Crippen LogP contribution in [0.1, 0.15) is 30.7 Å². The molecule has 128 valence electrons. The van der Waals surface area contributed by atoms with Gasteiger partial charge >= 0.3 is 0 Å². The topological polar surface area (TPSA) is 38.5 Å². The monoisotopic (exact) mass is 324 g/mol. The first-order valence-electron chi connectivity index (χ1n) is 8.97. The van der Waals surface area contributed by atoms with E-state index < -0.39 is 0 Å². The molecule has 1 aliphatic heterocycles. The Labute approximate surface area is 145 Å². The molecular formula is C21H28N2O. The van der Waals surface area contributed by atoms with Gasteiger partial charge in [0.25, 0.3) is 0 Å². The van der Waals surface area contributed by atoms with Crippen LogP contribution in [0.5, 0.6) is 5.75 Å². The van der Waals surface area contributed by atoms with Gasteiger partial charge in [-0.25, -0.2) is 0 Å². The second kappa shape index (κ2) is 8.32. The number of hydrogen-bond donors (Lipinski definition) is 1. The maximum absolute atomic E-state index is 5.61. The summed E-state index contributed by atoms with van der Waals surface area (Å²) < 4.78 is 5.23. The maximum atomic E-state index is 5.61. The molecule has 1 saturated heterocycles. The minimum atomic E-state index is 0.698. The minimum absolute atomic E-state index is 0.698. The summed E-state index contributed by atoms with van der Waals surface area (Å²) >= 11 is 0. The third kappa shape index (κ3) is 4.16. The van der Waals surface area contributed by atoms with Crippen LogP contribution in [0.2, 0.25) is 0 Å². The van der Waals surface area contributed by atoms with Crippen molar-refractivity contribution in [2.45, 2.75) is 25.2 Å². The van der Waals surface area contributed by atoms with Crippen LogP contribution in [0, 0.1) is 0 Å². The zero-order chi connectivity index (χ0) is 16.8. The van der Waals surface area contributed by atoms with Crippen molar-refractivity contribution in [3.63, 3.8) is 0 Å². The molecule has 0 amide bonds. The van der Waals surface area contributed by atoms with E-state index in [4.69, 9.17) is 10.5 Å². The second-order valence-corrected chi connectivity index (χ2v) is 6.61. The van der Waals surface area contributed by atoms with Crippen molar-refractivity contribution >= 4 is 0 Å². The smallest absolute Gasteiger partial charge is 0.118 e. The molecule has 3 rings (SSSR count). The molecule has 1 heterocycles. The molecule has 0 atom stereocenters. The molecule has 1 aliphatic rings. The van der Waals surface area contributed by atoms with Gasteiger partial charge in [-0.2, -0.15) is 0 Å². The van der Waals surface area contributed by atoms with E-state index in [1.807, 2.05) is 12.1 Å². The van der Waals surface area contributed by atoms with Gasteiger partial charge in [-0.1, -0.05) is 36.4 Å². The van der Waals surface area contributed by atoms with E-state index in [2.05, 4.69) is 41.3 Å². The van der Waals surface area contributed by atoms with E-state index in [9.17, 15) is 0 Å². The summed E-state index contributed by atoms with van der Waals surface area (Å²) in [6, 6.07) is 17.4. The van der Waals surface area contributed by atoms with Crippen LogP contribution < -0.4 is 10.5 Å². The Balaban J connectivity index is 1.60. The average Bonchev–Trinajstić information content (AvgIpc) is 2.67. The van der Waals surface area contributed by atoms with Crippen molar-refractivity contribution in [2.24, 2.45) is 5.73 Å². The van der Waals surface area contributed by atoms with Crippen molar-refractivity contribution in [1.29, 1.82) is 0 Å². The molecule has 24 heavy (non-hydrogen) atoms. The molecule has 0 bridgehead atoms. The quantitative estimate of drug-likeness (QED) is 0.876. The van der Waals surface area contributed by atoms with Crippen molar-refractivity contribution in [1.82, 2.24) is 4.90 Å². The molecule has 0 aromatic heterocycles. The zero-order valence-corrected chi connectivity index (χ0v) is 14.6. The molecule has 0 unspecified atom stereocenters. The van der Waals surface area contributed by atoms with Gasteiger partial charge in [-0.15, -0.1) is 0 Å². The highest BCUT2D eigenvalue weighted by Crippen LogP contribution is 2.30. The lowest BCUT2D eigenvalue weighted by Gasteiger charge is -2.32. The molecule has 1 fully saturated rings. The molecule has 2 aromatic carbocycles. The highest BCUT2D eigenvalue weighted by Gasteiger charge is 2.20. The van der Waals surface area contributed by atoms with E-state index in [1.54, 1.807) is 7.11 Å². The summed E-state index contributed by atoms with van der Waals surface area (Å²) in [4.78, 5) is 2.55. The number of nitrogens with two attached hydrogens (primary N) is 1. The summed E-state index contributed by atoms with van der Waals surface area (Å²) in [6.45, 7) is 4.35. The summed E-state index contributed by atoms with van der Waals surface area (Å²) in [5.74, 6) is 1.60. The highest BCUT2D eigenvalue weighted by atomic mass is 16.5. The van der Waals surface area contributed by atoms with Gasteiger partial charge in [0.2, 0.25) is 0 Å². The van der Waals surface area contributed by atoms with E-state index in [1.165, 1.54) is 42.6 Å². The number of methoxy groups -OCH3 is 1. The number of likely N-dealkylation sites (tertiary alicyclic amines) is 1. The summed E-state index contributed by atoms with van der Waals surface area (Å²) in [6.07, 6.45) is 3.63. The lowest BCUT2D eigenvalue weighted by Crippen LogP contribution is -2.34. The molecule has 0 spiro atoms. The predicted molar refractivity (Wildman–Crippen MR) is 101 cm³/mol. The van der Waals surface area contributed by atoms with Gasteiger partial charge in [-0.05, 0) is 80.2 Å². The van der Waals surface area contributed by atoms with Gasteiger partial charge in [0.05, 0.1) is 7.11 Å². The van der Waals surface area contributed by atoms with E-state index in [-0.39, 0.29) is 0 Å². The van der Waals surface area contributed by atoms with E-state index >= 15 is 0 Å². The van der Waals surface area contributed by atoms with Crippen LogP contribution in [-0.4, -0.2) is 38.2 Å². The Morgan fingerprint density at radius 1 is 0.958 bits per heavy atom. The Kier molecular flexibility index (Phi) is 5.89. The Hall–Kier alpha value is -1.84. The van der Waals surface area contributed by atoms with Gasteiger partial charge in [-0.3, -0.25) is 0 Å². The zero-order valence-electron chi connectivity index (χ0n) is 14.6. The number of hydrogen-bond acceptors (Lipinski definition) is 3. The van der Waals surface area contributed by atoms with E-state index in [0.717, 1.165) is 25.3 Å². The van der Waals surface area contributed by atoms with Gasteiger partial charge in [0.1, 0.15) is 5.75 Å². The van der Waals surface area contributed by atoms with Gasteiger partial charge in [0.15, 0.2) is 0 Å². The van der Waals surface area contributed by atoms with Crippen molar-refractivity contribution in [3.8, 4) is 16.9 Å². The number of piperidine rings is 1. The van der Waals surface area contributed by atoms with Crippen LogP contribution in [0.25, 0.3) is 11.1 Å². The fraction of sp³-hybridized carbons (Fsp3) is 0.429. The highest BCUT2D eigenvalue weighted by molar-refractivity contribution is 5.64. The SMILES string of the molecule is COc1ccc(-c2ccc(C3CCN(CCCN)CC3)cc2)cc1. The first-order chi connectivity index (χ1) is 11.8. The Morgan fingerprint density at radius 2 is 1.54 bits per heavy atom. The van der Waals surface area contributed by atoms with Crippen LogP contribution in [-0.2, 0) is 0 Å². The molecule has 3 heteroatoms. The normalized spacial score (nSPS) is 16.2. The van der Waals surface area contributed by atoms with Crippen molar-refractivity contribution in [2.75, 3.05) is 33.3 Å². The third-order valence-corrected chi connectivity index (χ3v) is 5.07. The number of nitrogens with zero attached hydrogens (tertiary/aromatic N) is 1. The number of rotatable bonds is 6. The summed E-state index contributed by atoms with van der Waals surface area (Å²) in [7, 11) is 1.70. The number of ether oxygens (including phenoxy) is 1. The summed E-state index contributed by atoms with van der Waals surface area (Å²) in [5.41, 5.74) is 9.59. The second-order valence-electron chi connectivity index (χ2n) is 6.61. The van der Waals surface area contributed by atoms with Gasteiger partial charge < -0.3 is 15.4 Å². The van der Waals surface area contributed by atoms with Crippen molar-refractivity contribution in [3.05, 3.63) is 54.1 Å². The predicted octanol–water partition coefficient (Wildman–Crippen LogP) is 3.89. The van der Waals surface area contributed by atoms with Crippen LogP contribution in [0.4, 0.5) is 0 Å². The lowest BCUT2D eigenvalue weighted by molar-refractivity contribution is 0.211. The first-order valence-corrected chi connectivity index (χ1v) is 8.97. The molecule has 0 aliphatic carbocycles. The molecule has 0 saturated carbocycles. The Morgan fingerprint density at radius 3 is 2.08 bits per heavy atom. The molecule has 2 aromatic rings. The fourth-order valence-corrected chi connectivity index (χ4v) is 3.54. The Bertz CT molecular complexity index is 613. The number of benzene rings is 2. The van der Waals surface area contributed by atoms with Gasteiger partial charge in [0, 0.05) is 0 Å². The standard InChI is InChI=1S/C21H28N2O/c1-24-21-9-7-19(8-10-21)17-3-5-18(6-4-17)20-11-15-23(16-12-20)14-2-13-22/h3-10,20H,2,11-16,22H2,1H3. The fourth-order valence-electron chi connectivity index (χ4n) is 3.54. The lowest BCUT2D eigenvalue weighted by atomic mass is 9.88. The maximum Gasteiger partial charge on any atom is 0.118 e. The first kappa shape index (κ1) is 17.0. The van der Waals surface area contributed by atoms with Crippen LogP contribution in [0.3, 0.4) is 0 Å². The van der Waals surface area contributed by atoms with Crippen molar-refractivity contribution < 1.29 is 4.74 Å². The van der Waals surface area contributed by atoms with Crippen LogP contribution in [0.15, 0.2) is 48.5 Å². The molecule has 2 N–H and O–H groups in total. The van der Waals surface area contributed by atoms with Crippen LogP contribution >= 0.6 is 0 Å². The summed E-state index contributed by atoms with van der Waals surface area (Å²) in [5, 5.41) is 0. The van der Waals surface area contributed by atoms with E-state index in [0.29, 0.717) is 5.92 Å². The average molecular weight is 324 g/mol. The third-order valence-electron chi connectivity index (χ3n) is 5.07. The largest absolute Gasteiger partial charge is 0.497 e. The molecule has 3 nitrogen and oxygen atoms in total. The molecular weight excluding hydrogens is 296 g/mol. The minimum Gasteiger partial charge on any atom is -0.497 e.